The second-order valence-corrected chi connectivity index (χ2v) is 9.99. The van der Waals surface area contributed by atoms with Gasteiger partial charge in [0.2, 0.25) is 0 Å². The lowest BCUT2D eigenvalue weighted by molar-refractivity contribution is 0.0955. The Morgan fingerprint density at radius 2 is 1.50 bits per heavy atom. The minimum absolute atomic E-state index is 0.0178. The lowest BCUT2D eigenvalue weighted by Gasteiger charge is -2.26. The number of rotatable bonds is 10. The maximum absolute atomic E-state index is 13.9. The number of methoxy groups -OCH3 is 2. The van der Waals surface area contributed by atoms with Gasteiger partial charge in [-0.15, -0.1) is 0 Å². The first kappa shape index (κ1) is 26.4. The van der Waals surface area contributed by atoms with Crippen molar-refractivity contribution >= 4 is 27.8 Å². The van der Waals surface area contributed by atoms with Crippen LogP contribution < -0.4 is 19.2 Å². The van der Waals surface area contributed by atoms with Crippen LogP contribution in [0.15, 0.2) is 113 Å². The van der Waals surface area contributed by atoms with Crippen molar-refractivity contribution in [1.29, 1.82) is 0 Å². The van der Waals surface area contributed by atoms with Crippen LogP contribution in [0, 0.1) is 0 Å². The van der Waals surface area contributed by atoms with Crippen LogP contribution in [0.1, 0.15) is 21.5 Å². The van der Waals surface area contributed by atoms with E-state index in [9.17, 15) is 13.2 Å². The van der Waals surface area contributed by atoms with E-state index in [1.165, 1.54) is 29.8 Å². The van der Waals surface area contributed by atoms with E-state index in [1.807, 2.05) is 42.5 Å². The first-order chi connectivity index (χ1) is 18.4. The van der Waals surface area contributed by atoms with Gasteiger partial charge < -0.3 is 9.47 Å². The average Bonchev–Trinajstić information content (AvgIpc) is 2.96. The topological polar surface area (TPSA) is 97.3 Å². The van der Waals surface area contributed by atoms with Crippen molar-refractivity contribution in [1.82, 2.24) is 5.43 Å². The maximum Gasteiger partial charge on any atom is 0.273 e. The number of anilines is 1. The van der Waals surface area contributed by atoms with E-state index >= 15 is 0 Å². The molecular formula is C29H27N3O5S. The molecule has 0 unspecified atom stereocenters. The highest BCUT2D eigenvalue weighted by Crippen LogP contribution is 2.30. The van der Waals surface area contributed by atoms with Gasteiger partial charge in [-0.3, -0.25) is 9.10 Å². The number of amides is 1. The Balaban J connectivity index is 1.70. The van der Waals surface area contributed by atoms with Crippen LogP contribution in [0.2, 0.25) is 0 Å². The summed E-state index contributed by atoms with van der Waals surface area (Å²) >= 11 is 0. The van der Waals surface area contributed by atoms with E-state index in [1.54, 1.807) is 55.6 Å². The molecule has 9 heteroatoms. The first-order valence-corrected chi connectivity index (χ1v) is 13.1. The molecule has 0 saturated heterocycles. The number of carbonyl (C=O) groups is 1. The minimum Gasteiger partial charge on any atom is -0.497 e. The standard InChI is InChI=1S/C29H27N3O5S/c1-36-24-16-18-25(19-17-24)38(34,35)32(21-22-10-4-3-5-11-22)27-14-8-7-13-26(27)29(33)31-30-20-23-12-6-9-15-28(23)37-2/h3-20H,21H2,1-2H3,(H,31,33)/b30-20-. The Morgan fingerprint density at radius 3 is 2.21 bits per heavy atom. The van der Waals surface area contributed by atoms with Gasteiger partial charge in [-0.25, -0.2) is 13.8 Å². The maximum atomic E-state index is 13.9. The van der Waals surface area contributed by atoms with Gasteiger partial charge in [0.15, 0.2) is 0 Å². The SMILES string of the molecule is COc1ccc(S(=O)(=O)N(Cc2ccccc2)c2ccccc2C(=O)N/N=C\c2ccccc2OC)cc1. The molecule has 0 aromatic heterocycles. The average molecular weight is 530 g/mol. The third-order valence-corrected chi connectivity index (χ3v) is 7.52. The molecule has 1 amide bonds. The van der Waals surface area contributed by atoms with Crippen molar-refractivity contribution in [3.8, 4) is 11.5 Å². The van der Waals surface area contributed by atoms with Gasteiger partial charge in [-0.1, -0.05) is 54.6 Å². The number of nitrogens with zero attached hydrogens (tertiary/aromatic N) is 2. The van der Waals surface area contributed by atoms with E-state index in [4.69, 9.17) is 9.47 Å². The number of hydrogen-bond donors (Lipinski definition) is 1. The van der Waals surface area contributed by atoms with Crippen LogP contribution in [0.25, 0.3) is 0 Å². The number of carbonyl (C=O) groups excluding carboxylic acids is 1. The molecule has 8 nitrogen and oxygen atoms in total. The second kappa shape index (κ2) is 12.1. The minimum atomic E-state index is -4.06. The van der Waals surface area contributed by atoms with Gasteiger partial charge in [0.25, 0.3) is 15.9 Å². The summed E-state index contributed by atoms with van der Waals surface area (Å²) in [5.41, 5.74) is 4.31. The van der Waals surface area contributed by atoms with Crippen LogP contribution in [0.4, 0.5) is 5.69 Å². The molecule has 38 heavy (non-hydrogen) atoms. The summed E-state index contributed by atoms with van der Waals surface area (Å²) in [6.07, 6.45) is 1.47. The lowest BCUT2D eigenvalue weighted by Crippen LogP contribution is -2.33. The molecule has 0 aliphatic heterocycles. The van der Waals surface area contributed by atoms with Crippen molar-refractivity contribution < 1.29 is 22.7 Å². The molecular weight excluding hydrogens is 502 g/mol. The highest BCUT2D eigenvalue weighted by Gasteiger charge is 2.28. The van der Waals surface area contributed by atoms with Crippen molar-refractivity contribution in [2.24, 2.45) is 5.10 Å². The summed E-state index contributed by atoms with van der Waals surface area (Å²) in [4.78, 5) is 13.3. The zero-order valence-corrected chi connectivity index (χ0v) is 21.8. The highest BCUT2D eigenvalue weighted by atomic mass is 32.2. The second-order valence-electron chi connectivity index (χ2n) is 8.13. The molecule has 1 N–H and O–H groups in total. The number of hydrogen-bond acceptors (Lipinski definition) is 6. The Morgan fingerprint density at radius 1 is 0.842 bits per heavy atom. The third kappa shape index (κ3) is 6.01. The molecule has 4 aromatic carbocycles. The molecule has 0 heterocycles. The molecule has 0 bridgehead atoms. The van der Waals surface area contributed by atoms with Gasteiger partial charge in [0.05, 0.1) is 43.1 Å². The number of nitrogens with one attached hydrogen (secondary N) is 1. The van der Waals surface area contributed by atoms with Crippen molar-refractivity contribution in [3.05, 3.63) is 120 Å². The highest BCUT2D eigenvalue weighted by molar-refractivity contribution is 7.92. The number of para-hydroxylation sites is 2. The van der Waals surface area contributed by atoms with Crippen molar-refractivity contribution in [2.45, 2.75) is 11.4 Å². The molecule has 0 aliphatic rings. The van der Waals surface area contributed by atoms with E-state index < -0.39 is 15.9 Å². The fourth-order valence-corrected chi connectivity index (χ4v) is 5.27. The largest absolute Gasteiger partial charge is 0.497 e. The molecule has 0 fully saturated rings. The Bertz CT molecular complexity index is 1520. The first-order valence-electron chi connectivity index (χ1n) is 11.7. The number of hydrazone groups is 1. The third-order valence-electron chi connectivity index (χ3n) is 5.74. The number of ether oxygens (including phenoxy) is 2. The number of benzene rings is 4. The zero-order valence-electron chi connectivity index (χ0n) is 20.9. The fourth-order valence-electron chi connectivity index (χ4n) is 3.80. The monoisotopic (exact) mass is 529 g/mol. The lowest BCUT2D eigenvalue weighted by atomic mass is 10.1. The van der Waals surface area contributed by atoms with E-state index in [-0.39, 0.29) is 22.7 Å². The van der Waals surface area contributed by atoms with Crippen molar-refractivity contribution in [3.63, 3.8) is 0 Å². The van der Waals surface area contributed by atoms with E-state index in [0.717, 1.165) is 5.56 Å². The van der Waals surface area contributed by atoms with Gasteiger partial charge in [0.1, 0.15) is 11.5 Å². The van der Waals surface area contributed by atoms with Gasteiger partial charge >= 0.3 is 0 Å². The van der Waals surface area contributed by atoms with Crippen molar-refractivity contribution in [2.75, 3.05) is 18.5 Å². The van der Waals surface area contributed by atoms with Crippen LogP contribution >= 0.6 is 0 Å². The Kier molecular flexibility index (Phi) is 8.40. The molecule has 194 valence electrons. The summed E-state index contributed by atoms with van der Waals surface area (Å²) in [6.45, 7) is 0.0178. The number of sulfonamides is 1. The predicted molar refractivity (Wildman–Crippen MR) is 147 cm³/mol. The van der Waals surface area contributed by atoms with Gasteiger partial charge in [-0.05, 0) is 54.1 Å². The molecule has 0 radical (unpaired) electrons. The normalized spacial score (nSPS) is 11.2. The predicted octanol–water partition coefficient (Wildman–Crippen LogP) is 4.86. The zero-order chi connectivity index (χ0) is 27.0. The molecule has 4 rings (SSSR count). The molecule has 0 spiro atoms. The Labute approximate surface area is 222 Å². The summed E-state index contributed by atoms with van der Waals surface area (Å²) in [5.74, 6) is 0.575. The smallest absolute Gasteiger partial charge is 0.273 e. The fraction of sp³-hybridized carbons (Fsp3) is 0.103. The Hall–Kier alpha value is -4.63. The van der Waals surface area contributed by atoms with Gasteiger partial charge in [0, 0.05) is 5.56 Å². The van der Waals surface area contributed by atoms with Crippen LogP contribution in [-0.2, 0) is 16.6 Å². The summed E-state index contributed by atoms with van der Waals surface area (Å²) < 4.78 is 39.5. The summed E-state index contributed by atoms with van der Waals surface area (Å²) in [6, 6.07) is 29.0. The molecule has 0 atom stereocenters. The van der Waals surface area contributed by atoms with Crippen LogP contribution in [0.3, 0.4) is 0 Å². The molecule has 4 aromatic rings. The quantitative estimate of drug-likeness (QED) is 0.234. The summed E-state index contributed by atoms with van der Waals surface area (Å²) in [7, 11) is -1.00. The molecule has 0 saturated carbocycles. The van der Waals surface area contributed by atoms with Crippen LogP contribution in [0.5, 0.6) is 11.5 Å². The molecule has 0 aliphatic carbocycles. The van der Waals surface area contributed by atoms with Crippen LogP contribution in [-0.4, -0.2) is 34.8 Å². The summed E-state index contributed by atoms with van der Waals surface area (Å²) in [5, 5.41) is 4.06. The van der Waals surface area contributed by atoms with E-state index in [0.29, 0.717) is 17.1 Å². The van der Waals surface area contributed by atoms with E-state index in [2.05, 4.69) is 10.5 Å². The van der Waals surface area contributed by atoms with Gasteiger partial charge in [-0.2, -0.15) is 5.10 Å².